The third kappa shape index (κ3) is 2.96. The van der Waals surface area contributed by atoms with Gasteiger partial charge in [-0.25, -0.2) is 0 Å². The molecule has 1 heterocycles. The van der Waals surface area contributed by atoms with Crippen LogP contribution in [0.5, 0.6) is 0 Å². The number of aliphatic hydroxyl groups is 1. The average molecular weight is 185 g/mol. The van der Waals surface area contributed by atoms with Gasteiger partial charge in [0.25, 0.3) is 0 Å². The van der Waals surface area contributed by atoms with E-state index in [0.29, 0.717) is 6.61 Å². The van der Waals surface area contributed by atoms with Crippen LogP contribution in [-0.2, 0) is 0 Å². The van der Waals surface area contributed by atoms with E-state index in [9.17, 15) is 5.11 Å². The summed E-state index contributed by atoms with van der Waals surface area (Å²) in [5.74, 6) is 0.739. The summed E-state index contributed by atoms with van der Waals surface area (Å²) < 4.78 is 0. The minimum atomic E-state index is 0.0641. The van der Waals surface area contributed by atoms with Crippen molar-refractivity contribution in [3.63, 3.8) is 0 Å². The molecule has 0 aromatic heterocycles. The molecule has 2 N–H and O–H groups in total. The van der Waals surface area contributed by atoms with E-state index >= 15 is 0 Å². The summed E-state index contributed by atoms with van der Waals surface area (Å²) in [7, 11) is 0. The smallest absolute Gasteiger partial charge is 0.0613 e. The second kappa shape index (κ2) is 4.97. The second-order valence-electron chi connectivity index (χ2n) is 4.57. The van der Waals surface area contributed by atoms with Gasteiger partial charge in [0.05, 0.1) is 6.61 Å². The van der Waals surface area contributed by atoms with Crippen molar-refractivity contribution in [1.82, 2.24) is 5.32 Å². The van der Waals surface area contributed by atoms with Crippen LogP contribution >= 0.6 is 0 Å². The number of hydrogen-bond acceptors (Lipinski definition) is 2. The third-order valence-electron chi connectivity index (χ3n) is 3.16. The standard InChI is InChI=1S/C11H23NO/c1-3-5-10(2)8-11(9-13)6-4-7-12-11/h10,12-13H,3-9H2,1-2H3. The van der Waals surface area contributed by atoms with Crippen molar-refractivity contribution in [3.8, 4) is 0 Å². The van der Waals surface area contributed by atoms with Crippen LogP contribution in [0.2, 0.25) is 0 Å². The van der Waals surface area contributed by atoms with Crippen LogP contribution in [0.4, 0.5) is 0 Å². The zero-order valence-electron chi connectivity index (χ0n) is 8.97. The topological polar surface area (TPSA) is 32.3 Å². The molecule has 1 aliphatic heterocycles. The molecule has 2 nitrogen and oxygen atoms in total. The highest BCUT2D eigenvalue weighted by atomic mass is 16.3. The summed E-state index contributed by atoms with van der Waals surface area (Å²) in [6, 6.07) is 0. The first-order valence-corrected chi connectivity index (χ1v) is 5.58. The minimum Gasteiger partial charge on any atom is -0.394 e. The highest BCUT2D eigenvalue weighted by Crippen LogP contribution is 2.28. The Hall–Kier alpha value is -0.0800. The van der Waals surface area contributed by atoms with Gasteiger partial charge in [0.2, 0.25) is 0 Å². The summed E-state index contributed by atoms with van der Waals surface area (Å²) >= 11 is 0. The zero-order valence-corrected chi connectivity index (χ0v) is 8.97. The van der Waals surface area contributed by atoms with E-state index in [1.165, 1.54) is 19.3 Å². The maximum atomic E-state index is 9.37. The van der Waals surface area contributed by atoms with Gasteiger partial charge in [-0.1, -0.05) is 26.7 Å². The highest BCUT2D eigenvalue weighted by molar-refractivity contribution is 4.93. The fourth-order valence-electron chi connectivity index (χ4n) is 2.50. The molecular formula is C11H23NO. The second-order valence-corrected chi connectivity index (χ2v) is 4.57. The molecule has 0 spiro atoms. The third-order valence-corrected chi connectivity index (χ3v) is 3.16. The fourth-order valence-corrected chi connectivity index (χ4v) is 2.50. The van der Waals surface area contributed by atoms with E-state index in [-0.39, 0.29) is 5.54 Å². The first-order valence-electron chi connectivity index (χ1n) is 5.58. The van der Waals surface area contributed by atoms with Crippen LogP contribution in [0.1, 0.15) is 46.0 Å². The summed E-state index contributed by atoms with van der Waals surface area (Å²) in [4.78, 5) is 0. The lowest BCUT2D eigenvalue weighted by atomic mass is 9.85. The maximum Gasteiger partial charge on any atom is 0.0613 e. The Morgan fingerprint density at radius 2 is 2.31 bits per heavy atom. The van der Waals surface area contributed by atoms with Crippen LogP contribution in [0.25, 0.3) is 0 Å². The van der Waals surface area contributed by atoms with Crippen molar-refractivity contribution in [2.24, 2.45) is 5.92 Å². The normalized spacial score (nSPS) is 30.7. The molecule has 1 rings (SSSR count). The van der Waals surface area contributed by atoms with Gasteiger partial charge >= 0.3 is 0 Å². The maximum absolute atomic E-state index is 9.37. The van der Waals surface area contributed by atoms with Gasteiger partial charge in [-0.2, -0.15) is 0 Å². The predicted octanol–water partition coefficient (Wildman–Crippen LogP) is 1.93. The van der Waals surface area contributed by atoms with Crippen molar-refractivity contribution >= 4 is 0 Å². The molecule has 0 bridgehead atoms. The zero-order chi connectivity index (χ0) is 9.73. The lowest BCUT2D eigenvalue weighted by Gasteiger charge is -2.30. The number of aliphatic hydroxyl groups excluding tert-OH is 1. The van der Waals surface area contributed by atoms with Gasteiger partial charge in [0.15, 0.2) is 0 Å². The summed E-state index contributed by atoms with van der Waals surface area (Å²) in [5.41, 5.74) is 0.0641. The Labute approximate surface area is 81.7 Å². The molecule has 1 saturated heterocycles. The predicted molar refractivity (Wildman–Crippen MR) is 55.7 cm³/mol. The van der Waals surface area contributed by atoms with E-state index in [4.69, 9.17) is 0 Å². The fraction of sp³-hybridized carbons (Fsp3) is 1.00. The Morgan fingerprint density at radius 3 is 2.77 bits per heavy atom. The van der Waals surface area contributed by atoms with Crippen molar-refractivity contribution < 1.29 is 5.11 Å². The van der Waals surface area contributed by atoms with Crippen LogP contribution < -0.4 is 5.32 Å². The number of rotatable bonds is 5. The van der Waals surface area contributed by atoms with Gasteiger partial charge in [0, 0.05) is 5.54 Å². The summed E-state index contributed by atoms with van der Waals surface area (Å²) in [6.45, 7) is 5.91. The van der Waals surface area contributed by atoms with Crippen LogP contribution in [0.3, 0.4) is 0 Å². The van der Waals surface area contributed by atoms with Crippen LogP contribution in [0.15, 0.2) is 0 Å². The minimum absolute atomic E-state index is 0.0641. The molecule has 0 aromatic rings. The van der Waals surface area contributed by atoms with E-state index in [2.05, 4.69) is 19.2 Å². The molecule has 0 saturated carbocycles. The highest BCUT2D eigenvalue weighted by Gasteiger charge is 2.33. The average Bonchev–Trinajstić information content (AvgIpc) is 2.54. The van der Waals surface area contributed by atoms with Crippen LogP contribution in [-0.4, -0.2) is 23.8 Å². The van der Waals surface area contributed by atoms with Gasteiger partial charge in [-0.15, -0.1) is 0 Å². The molecule has 0 aliphatic carbocycles. The van der Waals surface area contributed by atoms with E-state index < -0.39 is 0 Å². The lowest BCUT2D eigenvalue weighted by Crippen LogP contribution is -2.44. The van der Waals surface area contributed by atoms with Crippen molar-refractivity contribution in [3.05, 3.63) is 0 Å². The van der Waals surface area contributed by atoms with Gasteiger partial charge in [0.1, 0.15) is 0 Å². The first kappa shape index (κ1) is 11.0. The Morgan fingerprint density at radius 1 is 1.54 bits per heavy atom. The molecule has 0 aromatic carbocycles. The Balaban J connectivity index is 2.38. The van der Waals surface area contributed by atoms with E-state index in [1.54, 1.807) is 0 Å². The molecule has 1 fully saturated rings. The van der Waals surface area contributed by atoms with Gasteiger partial charge in [-0.05, 0) is 31.7 Å². The number of nitrogens with one attached hydrogen (secondary N) is 1. The first-order chi connectivity index (χ1) is 6.22. The molecule has 2 atom stereocenters. The Bertz CT molecular complexity index is 141. The Kier molecular flexibility index (Phi) is 4.20. The largest absolute Gasteiger partial charge is 0.394 e. The lowest BCUT2D eigenvalue weighted by molar-refractivity contribution is 0.151. The van der Waals surface area contributed by atoms with Crippen LogP contribution in [0, 0.1) is 5.92 Å². The molecule has 1 aliphatic rings. The quantitative estimate of drug-likeness (QED) is 0.686. The molecule has 0 radical (unpaired) electrons. The van der Waals surface area contributed by atoms with Crippen molar-refractivity contribution in [2.75, 3.05) is 13.2 Å². The molecule has 0 amide bonds. The summed E-state index contributed by atoms with van der Waals surface area (Å²) in [6.07, 6.45) is 6.04. The molecule has 78 valence electrons. The molecule has 2 heteroatoms. The van der Waals surface area contributed by atoms with Gasteiger partial charge in [-0.3, -0.25) is 0 Å². The molecule has 13 heavy (non-hydrogen) atoms. The monoisotopic (exact) mass is 185 g/mol. The van der Waals surface area contributed by atoms with Crippen molar-refractivity contribution in [2.45, 2.75) is 51.5 Å². The van der Waals surface area contributed by atoms with Crippen molar-refractivity contribution in [1.29, 1.82) is 0 Å². The van der Waals surface area contributed by atoms with E-state index in [1.807, 2.05) is 0 Å². The summed E-state index contributed by atoms with van der Waals surface area (Å²) in [5, 5.41) is 12.8. The molecule has 2 unspecified atom stereocenters. The van der Waals surface area contributed by atoms with E-state index in [0.717, 1.165) is 25.3 Å². The molecular weight excluding hydrogens is 162 g/mol. The SMILES string of the molecule is CCCC(C)CC1(CO)CCCN1. The number of hydrogen-bond donors (Lipinski definition) is 2. The van der Waals surface area contributed by atoms with Gasteiger partial charge < -0.3 is 10.4 Å².